The fourth-order valence-electron chi connectivity index (χ4n) is 2.97. The normalized spacial score (nSPS) is 18.2. The van der Waals surface area contributed by atoms with Gasteiger partial charge in [0.2, 0.25) is 0 Å². The second kappa shape index (κ2) is 9.52. The summed E-state index contributed by atoms with van der Waals surface area (Å²) in [5, 5.41) is 13.8. The lowest BCUT2D eigenvalue weighted by atomic mass is 9.89. The van der Waals surface area contributed by atoms with Crippen molar-refractivity contribution in [2.75, 3.05) is 26.2 Å². The standard InChI is InChI=1S/C16H26N2O.2ClH/c1-4-12(2)15(18-10-8-17-9-11-18)14-7-5-6-13(3)16(14)19;;/h5-7,12,15,17,19H,4,8-11H2,1-3H3;2*1H/t12?,15-;;/m0../s1. The van der Waals surface area contributed by atoms with E-state index in [1.54, 1.807) is 0 Å². The van der Waals surface area contributed by atoms with E-state index in [4.69, 9.17) is 0 Å². The summed E-state index contributed by atoms with van der Waals surface area (Å²) in [5.74, 6) is 1.03. The Kier molecular flexibility index (Phi) is 9.30. The molecule has 2 N–H and O–H groups in total. The third kappa shape index (κ3) is 4.75. The lowest BCUT2D eigenvalue weighted by molar-refractivity contribution is 0.126. The Morgan fingerprint density at radius 1 is 1.24 bits per heavy atom. The molecule has 0 aromatic heterocycles. The zero-order chi connectivity index (χ0) is 13.8. The molecular weight excluding hydrogens is 307 g/mol. The van der Waals surface area contributed by atoms with Crippen LogP contribution in [0, 0.1) is 12.8 Å². The van der Waals surface area contributed by atoms with E-state index in [9.17, 15) is 5.11 Å². The fourth-order valence-corrected chi connectivity index (χ4v) is 2.97. The van der Waals surface area contributed by atoms with Gasteiger partial charge in [-0.3, -0.25) is 4.90 Å². The molecule has 0 saturated carbocycles. The van der Waals surface area contributed by atoms with Crippen LogP contribution >= 0.6 is 24.8 Å². The molecule has 0 bridgehead atoms. The molecule has 1 aromatic carbocycles. The summed E-state index contributed by atoms with van der Waals surface area (Å²) in [6.45, 7) is 10.7. The van der Waals surface area contributed by atoms with E-state index in [0.717, 1.165) is 43.7 Å². The Morgan fingerprint density at radius 2 is 1.86 bits per heavy atom. The van der Waals surface area contributed by atoms with Gasteiger partial charge in [0.1, 0.15) is 5.75 Å². The number of phenolic OH excluding ortho intramolecular Hbond substituents is 1. The van der Waals surface area contributed by atoms with Gasteiger partial charge >= 0.3 is 0 Å². The highest BCUT2D eigenvalue weighted by atomic mass is 35.5. The van der Waals surface area contributed by atoms with Crippen LogP contribution in [0.2, 0.25) is 0 Å². The molecule has 0 spiro atoms. The van der Waals surface area contributed by atoms with Crippen molar-refractivity contribution in [2.24, 2.45) is 5.92 Å². The van der Waals surface area contributed by atoms with E-state index in [1.807, 2.05) is 13.0 Å². The molecule has 1 heterocycles. The molecule has 1 fully saturated rings. The molecular formula is C16H28Cl2N2O. The van der Waals surface area contributed by atoms with E-state index in [0.29, 0.717) is 17.7 Å². The second-order valence-electron chi connectivity index (χ2n) is 5.63. The molecule has 2 atom stereocenters. The predicted molar refractivity (Wildman–Crippen MR) is 94.0 cm³/mol. The first-order valence-electron chi connectivity index (χ1n) is 7.38. The Bertz CT molecular complexity index is 423. The first-order chi connectivity index (χ1) is 9.15. The van der Waals surface area contributed by atoms with Crippen LogP contribution in [0.4, 0.5) is 0 Å². The van der Waals surface area contributed by atoms with Gasteiger partial charge in [0.05, 0.1) is 0 Å². The van der Waals surface area contributed by atoms with Crippen LogP contribution in [0.3, 0.4) is 0 Å². The highest BCUT2D eigenvalue weighted by Crippen LogP contribution is 2.37. The SMILES string of the molecule is CCC(C)[C@@H](c1cccc(C)c1O)N1CCNCC1.Cl.Cl. The topological polar surface area (TPSA) is 35.5 Å². The summed E-state index contributed by atoms with van der Waals surface area (Å²) >= 11 is 0. The average molecular weight is 335 g/mol. The Balaban J connectivity index is 0.00000200. The van der Waals surface area contributed by atoms with Gasteiger partial charge < -0.3 is 10.4 Å². The minimum atomic E-state index is 0. The third-order valence-electron chi connectivity index (χ3n) is 4.32. The molecule has 1 unspecified atom stereocenters. The van der Waals surface area contributed by atoms with E-state index in [1.165, 1.54) is 0 Å². The Hall–Kier alpha value is -0.480. The van der Waals surface area contributed by atoms with Crippen molar-refractivity contribution in [1.29, 1.82) is 0 Å². The number of hydrogen-bond acceptors (Lipinski definition) is 3. The van der Waals surface area contributed by atoms with Crippen molar-refractivity contribution in [3.05, 3.63) is 29.3 Å². The zero-order valence-electron chi connectivity index (χ0n) is 13.1. The average Bonchev–Trinajstić information content (AvgIpc) is 2.44. The smallest absolute Gasteiger partial charge is 0.123 e. The number of aromatic hydroxyl groups is 1. The van der Waals surface area contributed by atoms with Crippen LogP contribution in [0.5, 0.6) is 5.75 Å². The maximum absolute atomic E-state index is 10.4. The van der Waals surface area contributed by atoms with Crippen molar-refractivity contribution in [3.63, 3.8) is 0 Å². The van der Waals surface area contributed by atoms with Crippen LogP contribution in [0.25, 0.3) is 0 Å². The van der Waals surface area contributed by atoms with E-state index < -0.39 is 0 Å². The molecule has 3 nitrogen and oxygen atoms in total. The minimum Gasteiger partial charge on any atom is -0.507 e. The number of hydrogen-bond donors (Lipinski definition) is 2. The third-order valence-corrected chi connectivity index (χ3v) is 4.32. The van der Waals surface area contributed by atoms with Crippen molar-refractivity contribution in [3.8, 4) is 5.75 Å². The van der Waals surface area contributed by atoms with Crippen LogP contribution in [0.1, 0.15) is 37.4 Å². The number of piperazine rings is 1. The highest BCUT2D eigenvalue weighted by molar-refractivity contribution is 5.85. The summed E-state index contributed by atoms with van der Waals surface area (Å²) in [7, 11) is 0. The Labute approximate surface area is 140 Å². The molecule has 2 rings (SSSR count). The quantitative estimate of drug-likeness (QED) is 0.883. The van der Waals surface area contributed by atoms with E-state index in [2.05, 4.69) is 36.2 Å². The number of phenols is 1. The summed E-state index contributed by atoms with van der Waals surface area (Å²) in [4.78, 5) is 2.51. The van der Waals surface area contributed by atoms with E-state index >= 15 is 0 Å². The van der Waals surface area contributed by atoms with E-state index in [-0.39, 0.29) is 24.8 Å². The van der Waals surface area contributed by atoms with Crippen molar-refractivity contribution >= 4 is 24.8 Å². The number of para-hydroxylation sites is 1. The highest BCUT2D eigenvalue weighted by Gasteiger charge is 2.28. The first-order valence-corrected chi connectivity index (χ1v) is 7.38. The van der Waals surface area contributed by atoms with Crippen LogP contribution in [0.15, 0.2) is 18.2 Å². The lowest BCUT2D eigenvalue weighted by Gasteiger charge is -2.38. The summed E-state index contributed by atoms with van der Waals surface area (Å²) in [5.41, 5.74) is 2.07. The van der Waals surface area contributed by atoms with Gasteiger partial charge in [-0.15, -0.1) is 24.8 Å². The molecule has 1 aliphatic heterocycles. The summed E-state index contributed by atoms with van der Waals surface area (Å²) in [6.07, 6.45) is 1.13. The molecule has 1 saturated heterocycles. The fraction of sp³-hybridized carbons (Fsp3) is 0.625. The number of aryl methyl sites for hydroxylation is 1. The number of rotatable bonds is 4. The second-order valence-corrected chi connectivity index (χ2v) is 5.63. The van der Waals surface area contributed by atoms with Gasteiger partial charge in [0.25, 0.3) is 0 Å². The molecule has 0 aliphatic carbocycles. The number of halogens is 2. The Morgan fingerprint density at radius 3 is 2.43 bits per heavy atom. The van der Waals surface area contributed by atoms with Gasteiger partial charge in [0, 0.05) is 37.8 Å². The lowest BCUT2D eigenvalue weighted by Crippen LogP contribution is -2.46. The van der Waals surface area contributed by atoms with Crippen LogP contribution in [-0.4, -0.2) is 36.2 Å². The molecule has 0 amide bonds. The molecule has 1 aliphatic rings. The van der Waals surface area contributed by atoms with Crippen molar-refractivity contribution < 1.29 is 5.11 Å². The van der Waals surface area contributed by atoms with Gasteiger partial charge in [-0.25, -0.2) is 0 Å². The van der Waals surface area contributed by atoms with Gasteiger partial charge in [-0.1, -0.05) is 38.5 Å². The first kappa shape index (κ1) is 20.5. The largest absolute Gasteiger partial charge is 0.507 e. The molecule has 122 valence electrons. The summed E-state index contributed by atoms with van der Waals surface area (Å²) < 4.78 is 0. The monoisotopic (exact) mass is 334 g/mol. The van der Waals surface area contributed by atoms with Crippen molar-refractivity contribution in [2.45, 2.75) is 33.2 Å². The van der Waals surface area contributed by atoms with Crippen LogP contribution in [-0.2, 0) is 0 Å². The summed E-state index contributed by atoms with van der Waals surface area (Å²) in [6, 6.07) is 6.44. The maximum Gasteiger partial charge on any atom is 0.123 e. The number of nitrogens with zero attached hydrogens (tertiary/aromatic N) is 1. The van der Waals surface area contributed by atoms with Gasteiger partial charge in [0.15, 0.2) is 0 Å². The number of nitrogens with one attached hydrogen (secondary N) is 1. The maximum atomic E-state index is 10.4. The van der Waals surface area contributed by atoms with Gasteiger partial charge in [-0.05, 0) is 18.4 Å². The van der Waals surface area contributed by atoms with Gasteiger partial charge in [-0.2, -0.15) is 0 Å². The zero-order valence-corrected chi connectivity index (χ0v) is 14.8. The molecule has 21 heavy (non-hydrogen) atoms. The van der Waals surface area contributed by atoms with Crippen molar-refractivity contribution in [1.82, 2.24) is 10.2 Å². The predicted octanol–water partition coefficient (Wildman–Crippen LogP) is 3.54. The molecule has 0 radical (unpaired) electrons. The van der Waals surface area contributed by atoms with Crippen LogP contribution < -0.4 is 5.32 Å². The molecule has 1 aromatic rings. The number of benzene rings is 1. The molecule has 5 heteroatoms. The minimum absolute atomic E-state index is 0.